The molecule has 0 atom stereocenters. The van der Waals surface area contributed by atoms with Crippen molar-refractivity contribution < 1.29 is 9.53 Å². The molecule has 2 aromatic heterocycles. The third-order valence-corrected chi connectivity index (χ3v) is 3.65. The van der Waals surface area contributed by atoms with E-state index >= 15 is 0 Å². The van der Waals surface area contributed by atoms with Crippen LogP contribution in [-0.4, -0.2) is 27.6 Å². The van der Waals surface area contributed by atoms with E-state index < -0.39 is 0 Å². The molecule has 0 unspecified atom stereocenters. The molecule has 6 heteroatoms. The maximum atomic E-state index is 12.5. The van der Waals surface area contributed by atoms with Crippen LogP contribution < -0.4 is 10.1 Å². The minimum absolute atomic E-state index is 0.205. The third-order valence-electron chi connectivity index (χ3n) is 3.65. The second-order valence-electron chi connectivity index (χ2n) is 5.33. The highest BCUT2D eigenvalue weighted by Crippen LogP contribution is 2.17. The van der Waals surface area contributed by atoms with Gasteiger partial charge in [-0.3, -0.25) is 4.79 Å². The third kappa shape index (κ3) is 2.88. The molecule has 0 saturated heterocycles. The van der Waals surface area contributed by atoms with Crippen LogP contribution in [0.15, 0.2) is 36.5 Å². The molecular weight excluding hydrogens is 292 g/mol. The first-order chi connectivity index (χ1) is 11.1. The van der Waals surface area contributed by atoms with Crippen molar-refractivity contribution in [1.82, 2.24) is 19.9 Å². The lowest BCUT2D eigenvalue weighted by atomic mass is 10.2. The van der Waals surface area contributed by atoms with Crippen molar-refractivity contribution in [3.8, 4) is 5.75 Å². The van der Waals surface area contributed by atoms with Crippen LogP contribution >= 0.6 is 0 Å². The fourth-order valence-electron chi connectivity index (χ4n) is 2.55. The standard InChI is InChI=1S/C17H18N4O2/c1-11-8-12(2)21-16(20-11)14(10-19-21)17(22)18-9-13-6-4-5-7-15(13)23-3/h4-8,10H,9H2,1-3H3,(H,18,22). The van der Waals surface area contributed by atoms with Gasteiger partial charge in [-0.1, -0.05) is 18.2 Å². The van der Waals surface area contributed by atoms with Crippen LogP contribution in [-0.2, 0) is 6.54 Å². The van der Waals surface area contributed by atoms with Crippen molar-refractivity contribution >= 4 is 11.6 Å². The van der Waals surface area contributed by atoms with E-state index in [0.717, 1.165) is 22.7 Å². The SMILES string of the molecule is COc1ccccc1CNC(=O)c1cnn2c(C)cc(C)nc12. The van der Waals surface area contributed by atoms with Crippen molar-refractivity contribution in [2.45, 2.75) is 20.4 Å². The van der Waals surface area contributed by atoms with Gasteiger partial charge in [-0.05, 0) is 26.0 Å². The average Bonchev–Trinajstić information content (AvgIpc) is 2.97. The lowest BCUT2D eigenvalue weighted by Crippen LogP contribution is -2.23. The van der Waals surface area contributed by atoms with Gasteiger partial charge in [-0.2, -0.15) is 5.10 Å². The number of ether oxygens (including phenoxy) is 1. The number of nitrogens with one attached hydrogen (secondary N) is 1. The zero-order valence-corrected chi connectivity index (χ0v) is 13.3. The molecule has 0 aliphatic rings. The number of para-hydroxylation sites is 1. The first kappa shape index (κ1) is 15.0. The number of amides is 1. The molecule has 118 valence electrons. The largest absolute Gasteiger partial charge is 0.496 e. The number of nitrogens with zero attached hydrogens (tertiary/aromatic N) is 3. The Labute approximate surface area is 134 Å². The molecule has 0 spiro atoms. The Morgan fingerprint density at radius 3 is 2.87 bits per heavy atom. The Morgan fingerprint density at radius 2 is 2.09 bits per heavy atom. The monoisotopic (exact) mass is 310 g/mol. The normalized spacial score (nSPS) is 10.7. The van der Waals surface area contributed by atoms with Gasteiger partial charge in [0.15, 0.2) is 5.65 Å². The molecule has 3 aromatic rings. The number of hydrogen-bond donors (Lipinski definition) is 1. The van der Waals surface area contributed by atoms with Gasteiger partial charge >= 0.3 is 0 Å². The van der Waals surface area contributed by atoms with Crippen LogP contribution in [0.1, 0.15) is 27.3 Å². The molecular formula is C17H18N4O2. The molecule has 0 saturated carbocycles. The lowest BCUT2D eigenvalue weighted by molar-refractivity contribution is 0.0952. The van der Waals surface area contributed by atoms with Crippen LogP contribution in [0.2, 0.25) is 0 Å². The molecule has 0 bridgehead atoms. The average molecular weight is 310 g/mol. The number of hydrogen-bond acceptors (Lipinski definition) is 4. The van der Waals surface area contributed by atoms with Crippen molar-refractivity contribution in [2.24, 2.45) is 0 Å². The molecule has 2 heterocycles. The minimum atomic E-state index is -0.205. The van der Waals surface area contributed by atoms with E-state index in [0.29, 0.717) is 17.8 Å². The topological polar surface area (TPSA) is 68.5 Å². The maximum Gasteiger partial charge on any atom is 0.257 e. The summed E-state index contributed by atoms with van der Waals surface area (Å²) in [6.07, 6.45) is 1.55. The van der Waals surface area contributed by atoms with Crippen LogP contribution in [0.3, 0.4) is 0 Å². The van der Waals surface area contributed by atoms with Gasteiger partial charge < -0.3 is 10.1 Å². The lowest BCUT2D eigenvalue weighted by Gasteiger charge is -2.09. The van der Waals surface area contributed by atoms with Crippen molar-refractivity contribution in [3.05, 3.63) is 59.0 Å². The molecule has 1 amide bonds. The number of rotatable bonds is 4. The summed E-state index contributed by atoms with van der Waals surface area (Å²) in [7, 11) is 1.61. The molecule has 0 aliphatic heterocycles. The first-order valence-corrected chi connectivity index (χ1v) is 7.32. The fourth-order valence-corrected chi connectivity index (χ4v) is 2.55. The summed E-state index contributed by atoms with van der Waals surface area (Å²) in [4.78, 5) is 16.9. The van der Waals surface area contributed by atoms with Gasteiger partial charge in [0.05, 0.1) is 13.3 Å². The van der Waals surface area contributed by atoms with Gasteiger partial charge in [0.2, 0.25) is 0 Å². The Morgan fingerprint density at radius 1 is 1.30 bits per heavy atom. The summed E-state index contributed by atoms with van der Waals surface area (Å²) in [5, 5.41) is 7.13. The molecule has 0 radical (unpaired) electrons. The molecule has 1 aromatic carbocycles. The summed E-state index contributed by atoms with van der Waals surface area (Å²) in [6.45, 7) is 4.21. The molecule has 1 N–H and O–H groups in total. The number of fused-ring (bicyclic) bond motifs is 1. The summed E-state index contributed by atoms with van der Waals surface area (Å²) in [5.74, 6) is 0.542. The minimum Gasteiger partial charge on any atom is -0.496 e. The number of carbonyl (C=O) groups is 1. The number of benzene rings is 1. The van der Waals surface area contributed by atoms with Gasteiger partial charge in [-0.15, -0.1) is 0 Å². The van der Waals surface area contributed by atoms with E-state index in [-0.39, 0.29) is 5.91 Å². The van der Waals surface area contributed by atoms with Crippen LogP contribution in [0, 0.1) is 13.8 Å². The number of carbonyl (C=O) groups excluding carboxylic acids is 1. The summed E-state index contributed by atoms with van der Waals surface area (Å²) in [5.41, 5.74) is 3.75. The zero-order valence-electron chi connectivity index (χ0n) is 13.3. The van der Waals surface area contributed by atoms with Crippen LogP contribution in [0.5, 0.6) is 5.75 Å². The van der Waals surface area contributed by atoms with Crippen molar-refractivity contribution in [3.63, 3.8) is 0 Å². The second kappa shape index (κ2) is 6.08. The van der Waals surface area contributed by atoms with Gasteiger partial charge in [0.1, 0.15) is 11.3 Å². The highest BCUT2D eigenvalue weighted by Gasteiger charge is 2.15. The van der Waals surface area contributed by atoms with Gasteiger partial charge in [0.25, 0.3) is 5.91 Å². The number of aromatic nitrogens is 3. The van der Waals surface area contributed by atoms with E-state index in [2.05, 4.69) is 15.4 Å². The highest BCUT2D eigenvalue weighted by molar-refractivity contribution is 5.99. The fraction of sp³-hybridized carbons (Fsp3) is 0.235. The summed E-state index contributed by atoms with van der Waals surface area (Å²) >= 11 is 0. The van der Waals surface area contributed by atoms with Crippen LogP contribution in [0.25, 0.3) is 5.65 Å². The molecule has 6 nitrogen and oxygen atoms in total. The number of aryl methyl sites for hydroxylation is 2. The van der Waals surface area contributed by atoms with E-state index in [1.165, 1.54) is 0 Å². The summed E-state index contributed by atoms with van der Waals surface area (Å²) in [6, 6.07) is 9.52. The van der Waals surface area contributed by atoms with Gasteiger partial charge in [0, 0.05) is 23.5 Å². The first-order valence-electron chi connectivity index (χ1n) is 7.32. The predicted molar refractivity (Wildman–Crippen MR) is 86.6 cm³/mol. The maximum absolute atomic E-state index is 12.5. The zero-order chi connectivity index (χ0) is 16.4. The van der Waals surface area contributed by atoms with Crippen molar-refractivity contribution in [2.75, 3.05) is 7.11 Å². The molecule has 0 fully saturated rings. The van der Waals surface area contributed by atoms with Gasteiger partial charge in [-0.25, -0.2) is 9.50 Å². The van der Waals surface area contributed by atoms with Crippen LogP contribution in [0.4, 0.5) is 0 Å². The van der Waals surface area contributed by atoms with E-state index in [1.54, 1.807) is 17.8 Å². The highest BCUT2D eigenvalue weighted by atomic mass is 16.5. The van der Waals surface area contributed by atoms with E-state index in [4.69, 9.17) is 4.74 Å². The Bertz CT molecular complexity index is 870. The van der Waals surface area contributed by atoms with E-state index in [9.17, 15) is 4.79 Å². The van der Waals surface area contributed by atoms with Crippen molar-refractivity contribution in [1.29, 1.82) is 0 Å². The molecule has 3 rings (SSSR count). The quantitative estimate of drug-likeness (QED) is 0.803. The Balaban J connectivity index is 1.84. The second-order valence-corrected chi connectivity index (χ2v) is 5.33. The predicted octanol–water partition coefficient (Wildman–Crippen LogP) is 2.28. The number of methoxy groups -OCH3 is 1. The van der Waals surface area contributed by atoms with E-state index in [1.807, 2.05) is 44.2 Å². The molecule has 23 heavy (non-hydrogen) atoms. The Kier molecular flexibility index (Phi) is 3.97. The molecule has 0 aliphatic carbocycles. The Hall–Kier alpha value is -2.89. The smallest absolute Gasteiger partial charge is 0.257 e. The summed E-state index contributed by atoms with van der Waals surface area (Å²) < 4.78 is 6.96.